The average Bonchev–Trinajstić information content (AvgIpc) is 2.78. The molecule has 3 N–H and O–H groups in total. The number of amides is 2. The summed E-state index contributed by atoms with van der Waals surface area (Å²) in [6.45, 7) is 0. The molecule has 0 spiro atoms. The van der Waals surface area contributed by atoms with E-state index in [1.54, 1.807) is 60.7 Å². The van der Waals surface area contributed by atoms with E-state index in [-0.39, 0.29) is 6.42 Å². The average molecular weight is 441 g/mol. The Morgan fingerprint density at radius 3 is 2.03 bits per heavy atom. The maximum Gasteiger partial charge on any atom is 0.269 e. The predicted octanol–water partition coefficient (Wildman–Crippen LogP) is 2.18. The van der Waals surface area contributed by atoms with Crippen molar-refractivity contribution >= 4 is 21.8 Å². The monoisotopic (exact) mass is 441 g/mol. The molecule has 0 unspecified atom stereocenters. The first-order valence-corrected chi connectivity index (χ1v) is 10.8. The Hall–Kier alpha value is -3.56. The van der Waals surface area contributed by atoms with Gasteiger partial charge in [0.25, 0.3) is 11.8 Å². The number of hydrogen-bond donors (Lipinski definition) is 3. The fourth-order valence-electron chi connectivity index (χ4n) is 2.82. The van der Waals surface area contributed by atoms with E-state index in [4.69, 9.17) is 0 Å². The highest BCUT2D eigenvalue weighted by atomic mass is 32.2. The van der Waals surface area contributed by atoms with Crippen molar-refractivity contribution in [1.82, 2.24) is 15.6 Å². The van der Waals surface area contributed by atoms with E-state index in [9.17, 15) is 22.4 Å². The molecule has 31 heavy (non-hydrogen) atoms. The summed E-state index contributed by atoms with van der Waals surface area (Å²) in [5.74, 6) is -2.30. The van der Waals surface area contributed by atoms with Crippen LogP contribution in [0, 0.1) is 5.82 Å². The summed E-state index contributed by atoms with van der Waals surface area (Å²) in [7, 11) is -4.34. The molecule has 1 atom stereocenters. The number of carbonyl (C=O) groups is 2. The van der Waals surface area contributed by atoms with Gasteiger partial charge in [-0.25, -0.2) is 12.8 Å². The van der Waals surface area contributed by atoms with Crippen LogP contribution in [0.3, 0.4) is 0 Å². The zero-order valence-corrected chi connectivity index (χ0v) is 17.1. The van der Waals surface area contributed by atoms with Crippen LogP contribution in [0.2, 0.25) is 0 Å². The molecule has 0 saturated carbocycles. The number of hydrogen-bond acceptors (Lipinski definition) is 4. The van der Waals surface area contributed by atoms with Crippen molar-refractivity contribution in [2.24, 2.45) is 0 Å². The number of rotatable bonds is 7. The minimum atomic E-state index is -4.34. The first-order chi connectivity index (χ1) is 14.9. The van der Waals surface area contributed by atoms with E-state index < -0.39 is 38.6 Å². The third-order valence-electron chi connectivity index (χ3n) is 4.36. The maximum atomic E-state index is 14.0. The lowest BCUT2D eigenvalue weighted by atomic mass is 10.1. The Bertz CT molecular complexity index is 1160. The Kier molecular flexibility index (Phi) is 7.11. The van der Waals surface area contributed by atoms with Gasteiger partial charge in [-0.1, -0.05) is 60.7 Å². The molecule has 0 radical (unpaired) electrons. The fourth-order valence-corrected chi connectivity index (χ4v) is 4.09. The SMILES string of the molecule is O=C(NNC(=O)[C@@H](Cc1ccccc1)NS(=O)(=O)c1ccccc1F)c1ccccc1. The molecule has 0 heterocycles. The summed E-state index contributed by atoms with van der Waals surface area (Å²) < 4.78 is 41.7. The fraction of sp³-hybridized carbons (Fsp3) is 0.0909. The molecule has 0 aliphatic carbocycles. The van der Waals surface area contributed by atoms with Crippen LogP contribution in [-0.2, 0) is 21.2 Å². The number of halogens is 1. The van der Waals surface area contributed by atoms with Gasteiger partial charge in [0.15, 0.2) is 0 Å². The molecule has 3 aromatic rings. The van der Waals surface area contributed by atoms with Crippen LogP contribution in [0.1, 0.15) is 15.9 Å². The minimum absolute atomic E-state index is 0.0123. The Labute approximate surface area is 179 Å². The molecule has 0 aromatic heterocycles. The lowest BCUT2D eigenvalue weighted by molar-refractivity contribution is -0.123. The predicted molar refractivity (Wildman–Crippen MR) is 113 cm³/mol. The van der Waals surface area contributed by atoms with Crippen molar-refractivity contribution in [1.29, 1.82) is 0 Å². The third kappa shape index (κ3) is 5.97. The minimum Gasteiger partial charge on any atom is -0.271 e. The van der Waals surface area contributed by atoms with Crippen molar-refractivity contribution in [3.8, 4) is 0 Å². The highest BCUT2D eigenvalue weighted by molar-refractivity contribution is 7.89. The van der Waals surface area contributed by atoms with E-state index >= 15 is 0 Å². The molecule has 0 bridgehead atoms. The first-order valence-electron chi connectivity index (χ1n) is 9.33. The van der Waals surface area contributed by atoms with Gasteiger partial charge in [-0.2, -0.15) is 4.72 Å². The molecule has 0 saturated heterocycles. The van der Waals surface area contributed by atoms with Gasteiger partial charge in [0.05, 0.1) is 0 Å². The zero-order valence-electron chi connectivity index (χ0n) is 16.3. The van der Waals surface area contributed by atoms with Crippen LogP contribution in [-0.4, -0.2) is 26.3 Å². The maximum absolute atomic E-state index is 14.0. The van der Waals surface area contributed by atoms with Gasteiger partial charge in [0.1, 0.15) is 16.8 Å². The summed E-state index contributed by atoms with van der Waals surface area (Å²) in [6, 6.07) is 20.5. The van der Waals surface area contributed by atoms with Crippen LogP contribution in [0.25, 0.3) is 0 Å². The standard InChI is InChI=1S/C22H20FN3O4S/c23-18-13-7-8-14-20(18)31(29,30)26-19(15-16-9-3-1-4-10-16)22(28)25-24-21(27)17-11-5-2-6-12-17/h1-14,19,26H,15H2,(H,24,27)(H,25,28)/t19-/m1/s1. The van der Waals surface area contributed by atoms with Crippen LogP contribution in [0.4, 0.5) is 4.39 Å². The number of sulfonamides is 1. The van der Waals surface area contributed by atoms with Crippen molar-refractivity contribution < 1.29 is 22.4 Å². The molecule has 0 fully saturated rings. The number of benzene rings is 3. The quantitative estimate of drug-likeness (QED) is 0.489. The number of hydrazine groups is 1. The Morgan fingerprint density at radius 2 is 1.39 bits per heavy atom. The molecule has 7 nitrogen and oxygen atoms in total. The molecule has 2 amide bonds. The van der Waals surface area contributed by atoms with Crippen molar-refractivity contribution in [2.75, 3.05) is 0 Å². The molecular formula is C22H20FN3O4S. The van der Waals surface area contributed by atoms with Crippen molar-refractivity contribution in [3.05, 3.63) is 102 Å². The van der Waals surface area contributed by atoms with E-state index in [1.165, 1.54) is 12.1 Å². The largest absolute Gasteiger partial charge is 0.271 e. The van der Waals surface area contributed by atoms with Crippen LogP contribution < -0.4 is 15.6 Å². The van der Waals surface area contributed by atoms with E-state index in [0.29, 0.717) is 11.1 Å². The molecule has 0 aliphatic rings. The Balaban J connectivity index is 1.78. The normalized spacial score (nSPS) is 12.0. The molecule has 160 valence electrons. The highest BCUT2D eigenvalue weighted by Crippen LogP contribution is 2.15. The number of carbonyl (C=O) groups excluding carboxylic acids is 2. The van der Waals surface area contributed by atoms with Crippen LogP contribution >= 0.6 is 0 Å². The van der Waals surface area contributed by atoms with Gasteiger partial charge in [-0.3, -0.25) is 20.4 Å². The molecular weight excluding hydrogens is 421 g/mol. The first kappa shape index (κ1) is 22.1. The summed E-state index contributed by atoms with van der Waals surface area (Å²) in [5.41, 5.74) is 5.47. The third-order valence-corrected chi connectivity index (χ3v) is 5.86. The second-order valence-corrected chi connectivity index (χ2v) is 8.29. The number of nitrogens with one attached hydrogen (secondary N) is 3. The van der Waals surface area contributed by atoms with Crippen LogP contribution in [0.5, 0.6) is 0 Å². The van der Waals surface area contributed by atoms with Gasteiger partial charge in [0, 0.05) is 5.56 Å². The second-order valence-electron chi connectivity index (χ2n) is 6.60. The lowest BCUT2D eigenvalue weighted by Gasteiger charge is -2.19. The lowest BCUT2D eigenvalue weighted by Crippen LogP contribution is -2.53. The Morgan fingerprint density at radius 1 is 0.806 bits per heavy atom. The summed E-state index contributed by atoms with van der Waals surface area (Å²) in [5, 5.41) is 0. The van der Waals surface area contributed by atoms with E-state index in [0.717, 1.165) is 12.1 Å². The van der Waals surface area contributed by atoms with Gasteiger partial charge in [-0.15, -0.1) is 0 Å². The summed E-state index contributed by atoms with van der Waals surface area (Å²) in [4.78, 5) is 24.3. The second kappa shape index (κ2) is 9.96. The van der Waals surface area contributed by atoms with E-state index in [1.807, 2.05) is 0 Å². The topological polar surface area (TPSA) is 104 Å². The van der Waals surface area contributed by atoms with E-state index in [2.05, 4.69) is 15.6 Å². The highest BCUT2D eigenvalue weighted by Gasteiger charge is 2.28. The van der Waals surface area contributed by atoms with Gasteiger partial charge < -0.3 is 0 Å². The molecule has 3 aromatic carbocycles. The molecule has 0 aliphatic heterocycles. The summed E-state index contributed by atoms with van der Waals surface area (Å²) >= 11 is 0. The molecule has 3 rings (SSSR count). The zero-order chi connectivity index (χ0) is 22.3. The smallest absolute Gasteiger partial charge is 0.269 e. The van der Waals surface area contributed by atoms with Gasteiger partial charge in [0.2, 0.25) is 10.0 Å². The van der Waals surface area contributed by atoms with Crippen molar-refractivity contribution in [2.45, 2.75) is 17.4 Å². The van der Waals surface area contributed by atoms with Gasteiger partial charge >= 0.3 is 0 Å². The van der Waals surface area contributed by atoms with Gasteiger partial charge in [-0.05, 0) is 36.2 Å². The summed E-state index contributed by atoms with van der Waals surface area (Å²) in [6.07, 6.45) is -0.0123. The van der Waals surface area contributed by atoms with Crippen molar-refractivity contribution in [3.63, 3.8) is 0 Å². The molecule has 9 heteroatoms. The van der Waals surface area contributed by atoms with Crippen LogP contribution in [0.15, 0.2) is 89.8 Å².